The van der Waals surface area contributed by atoms with Gasteiger partial charge in [0, 0.05) is 13.5 Å². The van der Waals surface area contributed by atoms with Crippen LogP contribution in [0.3, 0.4) is 0 Å². The second-order valence-electron chi connectivity index (χ2n) is 4.14. The topological polar surface area (TPSA) is 49.7 Å². The Hall–Kier alpha value is -1.51. The van der Waals surface area contributed by atoms with Crippen molar-refractivity contribution in [2.75, 3.05) is 6.54 Å². The van der Waals surface area contributed by atoms with Crippen LogP contribution in [0, 0.1) is 0 Å². The van der Waals surface area contributed by atoms with Crippen LogP contribution in [0.25, 0.3) is 0 Å². The van der Waals surface area contributed by atoms with Gasteiger partial charge in [0.1, 0.15) is 0 Å². The minimum Gasteiger partial charge on any atom is -0.481 e. The highest BCUT2D eigenvalue weighted by atomic mass is 32.1. The predicted octanol–water partition coefficient (Wildman–Crippen LogP) is 3.98. The van der Waals surface area contributed by atoms with E-state index < -0.39 is 5.97 Å². The van der Waals surface area contributed by atoms with Gasteiger partial charge in [-0.3, -0.25) is 4.79 Å². The van der Waals surface area contributed by atoms with Crippen molar-refractivity contribution in [3.63, 3.8) is 0 Å². The molecule has 0 fully saturated rings. The average Bonchev–Trinajstić information content (AvgIpc) is 2.38. The Morgan fingerprint density at radius 2 is 1.79 bits per heavy atom. The Kier molecular flexibility index (Phi) is 11.9. The van der Waals surface area contributed by atoms with E-state index in [4.69, 9.17) is 9.90 Å². The molecule has 19 heavy (non-hydrogen) atoms. The summed E-state index contributed by atoms with van der Waals surface area (Å²) >= 11 is 4.50. The smallest absolute Gasteiger partial charge is 0.300 e. The second-order valence-corrected chi connectivity index (χ2v) is 4.32. The normalized spacial score (nSPS) is 8.89. The van der Waals surface area contributed by atoms with Gasteiger partial charge in [-0.25, -0.2) is 4.99 Å². The van der Waals surface area contributed by atoms with E-state index >= 15 is 0 Å². The van der Waals surface area contributed by atoms with Crippen molar-refractivity contribution < 1.29 is 9.90 Å². The lowest BCUT2D eigenvalue weighted by Crippen LogP contribution is -1.86. The predicted molar refractivity (Wildman–Crippen MR) is 81.8 cm³/mol. The third-order valence-electron chi connectivity index (χ3n) is 2.39. The Labute approximate surface area is 120 Å². The van der Waals surface area contributed by atoms with E-state index in [9.17, 15) is 0 Å². The van der Waals surface area contributed by atoms with Gasteiger partial charge in [0.2, 0.25) is 0 Å². The summed E-state index contributed by atoms with van der Waals surface area (Å²) in [5, 5.41) is 9.81. The van der Waals surface area contributed by atoms with Crippen LogP contribution in [0.2, 0.25) is 0 Å². The molecule has 0 spiro atoms. The van der Waals surface area contributed by atoms with Crippen molar-refractivity contribution in [1.29, 1.82) is 0 Å². The summed E-state index contributed by atoms with van der Waals surface area (Å²) in [5.41, 5.74) is 1.44. The zero-order valence-electron chi connectivity index (χ0n) is 11.3. The van der Waals surface area contributed by atoms with Gasteiger partial charge in [-0.1, -0.05) is 43.2 Å². The molecule has 0 amide bonds. The summed E-state index contributed by atoms with van der Waals surface area (Å²) < 4.78 is 0. The number of carboxylic acid groups (broad SMARTS) is 1. The quantitative estimate of drug-likeness (QED) is 0.466. The Morgan fingerprint density at radius 1 is 1.21 bits per heavy atom. The number of isothiocyanates is 1. The number of aliphatic carboxylic acids is 1. The molecule has 0 radical (unpaired) electrons. The molecule has 0 aliphatic rings. The summed E-state index contributed by atoms with van der Waals surface area (Å²) in [6.07, 6.45) is 6.12. The van der Waals surface area contributed by atoms with Gasteiger partial charge in [-0.15, -0.1) is 0 Å². The number of aliphatic imine (C=N–C) groups is 1. The fraction of sp³-hybridized carbons (Fsp3) is 0.467. The van der Waals surface area contributed by atoms with E-state index in [0.717, 1.165) is 19.9 Å². The summed E-state index contributed by atoms with van der Waals surface area (Å²) in [7, 11) is 0. The van der Waals surface area contributed by atoms with E-state index in [2.05, 4.69) is 52.7 Å². The first-order chi connectivity index (χ1) is 9.16. The lowest BCUT2D eigenvalue weighted by molar-refractivity contribution is -0.134. The van der Waals surface area contributed by atoms with Crippen molar-refractivity contribution >= 4 is 23.3 Å². The Balaban J connectivity index is 0.000000711. The fourth-order valence-corrected chi connectivity index (χ4v) is 1.66. The van der Waals surface area contributed by atoms with Crippen molar-refractivity contribution in [3.8, 4) is 0 Å². The van der Waals surface area contributed by atoms with Crippen molar-refractivity contribution in [3.05, 3.63) is 35.9 Å². The van der Waals surface area contributed by atoms with Gasteiger partial charge in [-0.2, -0.15) is 0 Å². The molecule has 0 saturated heterocycles. The minimum atomic E-state index is -0.833. The van der Waals surface area contributed by atoms with Crippen LogP contribution in [-0.2, 0) is 11.2 Å². The van der Waals surface area contributed by atoms with Crippen molar-refractivity contribution in [1.82, 2.24) is 0 Å². The van der Waals surface area contributed by atoms with Gasteiger partial charge < -0.3 is 5.11 Å². The van der Waals surface area contributed by atoms with Crippen LogP contribution in [-0.4, -0.2) is 22.8 Å². The molecule has 0 heterocycles. The van der Waals surface area contributed by atoms with Crippen LogP contribution in [0.15, 0.2) is 35.3 Å². The molecule has 0 aliphatic heterocycles. The van der Waals surface area contributed by atoms with Crippen molar-refractivity contribution in [2.45, 2.75) is 39.0 Å². The number of carbonyl (C=O) groups is 1. The Morgan fingerprint density at radius 3 is 2.37 bits per heavy atom. The molecule has 1 aromatic rings. The molecule has 0 aromatic heterocycles. The molecule has 0 unspecified atom stereocenters. The SMILES string of the molecule is CC(=O)O.S=C=NCCCCCCc1ccccc1. The van der Waals surface area contributed by atoms with Crippen LogP contribution in [0.4, 0.5) is 0 Å². The van der Waals surface area contributed by atoms with E-state index in [0.29, 0.717) is 0 Å². The van der Waals surface area contributed by atoms with Crippen LogP contribution >= 0.6 is 12.2 Å². The number of aryl methyl sites for hydroxylation is 1. The maximum atomic E-state index is 9.00. The molecule has 0 aliphatic carbocycles. The van der Waals surface area contributed by atoms with Crippen LogP contribution < -0.4 is 0 Å². The molecule has 0 saturated carbocycles. The molecule has 1 aromatic carbocycles. The van der Waals surface area contributed by atoms with Crippen LogP contribution in [0.5, 0.6) is 0 Å². The highest BCUT2D eigenvalue weighted by Gasteiger charge is 1.92. The van der Waals surface area contributed by atoms with E-state index in [-0.39, 0.29) is 0 Å². The maximum Gasteiger partial charge on any atom is 0.300 e. The largest absolute Gasteiger partial charge is 0.481 e. The summed E-state index contributed by atoms with van der Waals surface area (Å²) in [5.74, 6) is -0.833. The van der Waals surface area contributed by atoms with Gasteiger partial charge in [-0.05, 0) is 37.0 Å². The van der Waals surface area contributed by atoms with E-state index in [1.165, 1.54) is 31.2 Å². The number of carboxylic acids is 1. The van der Waals surface area contributed by atoms with Gasteiger partial charge in [0.05, 0.1) is 5.16 Å². The highest BCUT2D eigenvalue weighted by molar-refractivity contribution is 7.78. The summed E-state index contributed by atoms with van der Waals surface area (Å²) in [6.45, 7) is 1.93. The highest BCUT2D eigenvalue weighted by Crippen LogP contribution is 2.07. The number of hydrogen-bond donors (Lipinski definition) is 1. The lowest BCUT2D eigenvalue weighted by Gasteiger charge is -2.00. The first-order valence-electron chi connectivity index (χ1n) is 6.44. The standard InChI is InChI=1S/C13H17NS.C2H4O2/c15-12-14-11-7-2-1-4-8-13-9-5-3-6-10-13;1-2(3)4/h3,5-6,9-10H,1-2,4,7-8,11H2;1H3,(H,3,4). The van der Waals surface area contributed by atoms with Gasteiger partial charge in [0.25, 0.3) is 5.97 Å². The molecular formula is C15H21NO2S. The Bertz CT molecular complexity index is 382. The maximum absolute atomic E-state index is 9.00. The minimum absolute atomic E-state index is 0.833. The number of hydrogen-bond acceptors (Lipinski definition) is 3. The van der Waals surface area contributed by atoms with E-state index in [1.807, 2.05) is 0 Å². The number of rotatable bonds is 7. The zero-order chi connectivity index (χ0) is 14.3. The van der Waals surface area contributed by atoms with Crippen molar-refractivity contribution in [2.24, 2.45) is 4.99 Å². The van der Waals surface area contributed by atoms with Crippen LogP contribution in [0.1, 0.15) is 38.2 Å². The fourth-order valence-electron chi connectivity index (χ4n) is 1.56. The molecule has 0 bridgehead atoms. The lowest BCUT2D eigenvalue weighted by atomic mass is 10.1. The third-order valence-corrected chi connectivity index (χ3v) is 2.52. The third kappa shape index (κ3) is 14.4. The number of unbranched alkanes of at least 4 members (excludes halogenated alkanes) is 3. The molecule has 104 valence electrons. The summed E-state index contributed by atoms with van der Waals surface area (Å²) in [4.78, 5) is 12.9. The average molecular weight is 279 g/mol. The van der Waals surface area contributed by atoms with E-state index in [1.54, 1.807) is 0 Å². The number of benzene rings is 1. The second kappa shape index (κ2) is 12.9. The molecule has 0 atom stereocenters. The molecule has 1 N–H and O–H groups in total. The first kappa shape index (κ1) is 17.5. The first-order valence-corrected chi connectivity index (χ1v) is 6.84. The zero-order valence-corrected chi connectivity index (χ0v) is 12.2. The van der Waals surface area contributed by atoms with Gasteiger partial charge in [0.15, 0.2) is 0 Å². The summed E-state index contributed by atoms with van der Waals surface area (Å²) in [6, 6.07) is 10.6. The molecular weight excluding hydrogens is 258 g/mol. The molecule has 4 heteroatoms. The van der Waals surface area contributed by atoms with Gasteiger partial charge >= 0.3 is 0 Å². The molecule has 3 nitrogen and oxygen atoms in total. The number of thiocarbonyl (C=S) groups is 1. The molecule has 1 rings (SSSR count). The monoisotopic (exact) mass is 279 g/mol. The number of nitrogens with zero attached hydrogens (tertiary/aromatic N) is 1.